The first-order chi connectivity index (χ1) is 28.2. The van der Waals surface area contributed by atoms with E-state index in [0.717, 1.165) is 72.5 Å². The maximum atomic E-state index is 6.74. The summed E-state index contributed by atoms with van der Waals surface area (Å²) in [5.41, 5.74) is 12.6. The molecule has 1 aliphatic rings. The Morgan fingerprint density at radius 1 is 0.474 bits per heavy atom. The first-order valence-corrected chi connectivity index (χ1v) is 19.3. The summed E-state index contributed by atoms with van der Waals surface area (Å²) in [5, 5.41) is 6.90. The van der Waals surface area contributed by atoms with Gasteiger partial charge < -0.3 is 8.98 Å². The first kappa shape index (κ1) is 31.7. The zero-order valence-corrected chi connectivity index (χ0v) is 30.7. The van der Waals surface area contributed by atoms with Gasteiger partial charge in [-0.1, -0.05) is 133 Å². The average Bonchev–Trinajstić information content (AvgIpc) is 3.82. The number of allylic oxidation sites excluding steroid dienone is 1. The van der Waals surface area contributed by atoms with E-state index in [1.54, 1.807) is 0 Å². The average molecular weight is 729 g/mol. The van der Waals surface area contributed by atoms with Crippen LogP contribution < -0.4 is 0 Å². The van der Waals surface area contributed by atoms with Gasteiger partial charge in [0.25, 0.3) is 0 Å². The van der Waals surface area contributed by atoms with Crippen molar-refractivity contribution in [3.8, 4) is 51.0 Å². The lowest BCUT2D eigenvalue weighted by Crippen LogP contribution is -2.02. The van der Waals surface area contributed by atoms with E-state index >= 15 is 0 Å². The van der Waals surface area contributed by atoms with Crippen molar-refractivity contribution in [3.63, 3.8) is 0 Å². The molecule has 1 aliphatic carbocycles. The Morgan fingerprint density at radius 2 is 1.18 bits per heavy atom. The number of nitrogens with zero attached hydrogens (tertiary/aromatic N) is 4. The summed E-state index contributed by atoms with van der Waals surface area (Å²) < 4.78 is 9.08. The van der Waals surface area contributed by atoms with Gasteiger partial charge in [0.15, 0.2) is 17.5 Å². The monoisotopic (exact) mass is 728 g/mol. The van der Waals surface area contributed by atoms with Crippen LogP contribution in [0.15, 0.2) is 180 Å². The summed E-state index contributed by atoms with van der Waals surface area (Å²) in [6, 6.07) is 59.6. The minimum Gasteiger partial charge on any atom is -0.455 e. The molecule has 0 saturated heterocycles. The third-order valence-corrected chi connectivity index (χ3v) is 11.4. The molecule has 0 amide bonds. The van der Waals surface area contributed by atoms with Gasteiger partial charge in [-0.25, -0.2) is 15.0 Å². The van der Waals surface area contributed by atoms with E-state index in [1.807, 2.05) is 18.2 Å². The number of fused-ring (bicyclic) bond motifs is 7. The van der Waals surface area contributed by atoms with E-state index in [-0.39, 0.29) is 0 Å². The second-order valence-electron chi connectivity index (χ2n) is 14.7. The molecule has 0 saturated carbocycles. The lowest BCUT2D eigenvalue weighted by molar-refractivity contribution is 0.672. The van der Waals surface area contributed by atoms with Gasteiger partial charge in [-0.2, -0.15) is 0 Å². The first-order valence-electron chi connectivity index (χ1n) is 19.3. The Morgan fingerprint density at radius 3 is 2.00 bits per heavy atom. The zero-order valence-electron chi connectivity index (χ0n) is 30.7. The molecule has 266 valence electrons. The van der Waals surface area contributed by atoms with Crippen molar-refractivity contribution in [2.45, 2.75) is 6.42 Å². The molecule has 11 aromatic rings. The van der Waals surface area contributed by atoms with Crippen molar-refractivity contribution >= 4 is 60.6 Å². The van der Waals surface area contributed by atoms with Crippen LogP contribution in [-0.2, 0) is 6.42 Å². The summed E-state index contributed by atoms with van der Waals surface area (Å²) in [6.45, 7) is 0. The molecule has 8 aromatic carbocycles. The van der Waals surface area contributed by atoms with E-state index in [1.165, 1.54) is 33.0 Å². The van der Waals surface area contributed by atoms with Crippen LogP contribution in [0.5, 0.6) is 0 Å². The lowest BCUT2D eigenvalue weighted by atomic mass is 9.91. The van der Waals surface area contributed by atoms with Crippen molar-refractivity contribution in [3.05, 3.63) is 187 Å². The number of hydrogen-bond acceptors (Lipinski definition) is 4. The fraction of sp³-hybridized carbons (Fsp3) is 0.0192. The Balaban J connectivity index is 1.10. The van der Waals surface area contributed by atoms with E-state index in [2.05, 4.69) is 168 Å². The molecule has 0 radical (unpaired) electrons. The summed E-state index contributed by atoms with van der Waals surface area (Å²) in [5.74, 6) is 1.80. The van der Waals surface area contributed by atoms with Gasteiger partial charge >= 0.3 is 0 Å². The smallest absolute Gasteiger partial charge is 0.166 e. The zero-order chi connectivity index (χ0) is 37.5. The molecule has 0 N–H and O–H groups in total. The van der Waals surface area contributed by atoms with Crippen LogP contribution in [0.1, 0.15) is 11.1 Å². The molecule has 0 aliphatic heterocycles. The van der Waals surface area contributed by atoms with Crippen LogP contribution >= 0.6 is 0 Å². The highest BCUT2D eigenvalue weighted by atomic mass is 16.3. The Labute approximate surface area is 327 Å². The maximum absolute atomic E-state index is 6.74. The summed E-state index contributed by atoms with van der Waals surface area (Å²) >= 11 is 0. The van der Waals surface area contributed by atoms with Crippen molar-refractivity contribution in [1.82, 2.24) is 19.5 Å². The minimum atomic E-state index is 0.584. The fourth-order valence-corrected chi connectivity index (χ4v) is 8.82. The Kier molecular flexibility index (Phi) is 6.92. The third-order valence-electron chi connectivity index (χ3n) is 11.4. The normalized spacial score (nSPS) is 12.4. The molecule has 5 nitrogen and oxygen atoms in total. The van der Waals surface area contributed by atoms with Gasteiger partial charge in [-0.05, 0) is 82.6 Å². The summed E-state index contributed by atoms with van der Waals surface area (Å²) in [6.07, 6.45) is 5.41. The highest BCUT2D eigenvalue weighted by molar-refractivity contribution is 6.18. The molecule has 57 heavy (non-hydrogen) atoms. The van der Waals surface area contributed by atoms with Crippen LogP contribution in [0.25, 0.3) is 112 Å². The highest BCUT2D eigenvalue weighted by Gasteiger charge is 2.22. The van der Waals surface area contributed by atoms with E-state index in [0.29, 0.717) is 17.5 Å². The molecule has 0 spiro atoms. The predicted octanol–water partition coefficient (Wildman–Crippen LogP) is 13.3. The summed E-state index contributed by atoms with van der Waals surface area (Å²) in [7, 11) is 0. The summed E-state index contributed by atoms with van der Waals surface area (Å²) in [4.78, 5) is 15.6. The Hall–Kier alpha value is -7.63. The number of furan rings is 1. The van der Waals surface area contributed by atoms with Gasteiger partial charge in [-0.15, -0.1) is 0 Å². The molecule has 0 bridgehead atoms. The molecule has 0 atom stereocenters. The molecule has 12 rings (SSSR count). The molecular weight excluding hydrogens is 697 g/mol. The van der Waals surface area contributed by atoms with E-state index in [9.17, 15) is 0 Å². The number of benzene rings is 8. The van der Waals surface area contributed by atoms with Crippen molar-refractivity contribution in [1.29, 1.82) is 0 Å². The van der Waals surface area contributed by atoms with Gasteiger partial charge in [0.2, 0.25) is 0 Å². The second kappa shape index (κ2) is 12.4. The third kappa shape index (κ3) is 4.99. The van der Waals surface area contributed by atoms with Gasteiger partial charge in [-0.3, -0.25) is 0 Å². The number of aromatic nitrogens is 4. The molecule has 5 heteroatoms. The number of hydrogen-bond donors (Lipinski definition) is 0. The van der Waals surface area contributed by atoms with Gasteiger partial charge in [0, 0.05) is 49.3 Å². The van der Waals surface area contributed by atoms with Crippen molar-refractivity contribution in [2.24, 2.45) is 0 Å². The van der Waals surface area contributed by atoms with Gasteiger partial charge in [0.05, 0.1) is 11.0 Å². The minimum absolute atomic E-state index is 0.584. The molecule has 3 heterocycles. The molecule has 0 fully saturated rings. The van der Waals surface area contributed by atoms with Crippen LogP contribution in [0.4, 0.5) is 0 Å². The number of para-hydroxylation sites is 2. The van der Waals surface area contributed by atoms with Crippen LogP contribution in [-0.4, -0.2) is 19.5 Å². The number of rotatable bonds is 5. The quantitative estimate of drug-likeness (QED) is 0.177. The van der Waals surface area contributed by atoms with Crippen molar-refractivity contribution in [2.75, 3.05) is 0 Å². The standard InChI is InChI=1S/C52H32N4O/c1-4-13-32(14-5-1)35-26-28-45-43(29-35)40-22-12-24-42(48(40)56(45)38-20-8-3-9-21-38)52-54-50(34-15-6-2-7-16-34)53-51(55-52)37-25-27-39-44-30-36-19-10-17-33-18-11-23-41(47(33)36)49(44)57-46(39)31-37/h1-16,18-31H,17H2. The van der Waals surface area contributed by atoms with E-state index < -0.39 is 0 Å². The largest absolute Gasteiger partial charge is 0.455 e. The van der Waals surface area contributed by atoms with Crippen LogP contribution in [0.2, 0.25) is 0 Å². The van der Waals surface area contributed by atoms with E-state index in [4.69, 9.17) is 19.4 Å². The highest BCUT2D eigenvalue weighted by Crippen LogP contribution is 2.42. The lowest BCUT2D eigenvalue weighted by Gasteiger charge is -2.13. The molecule has 3 aromatic heterocycles. The maximum Gasteiger partial charge on any atom is 0.166 e. The predicted molar refractivity (Wildman–Crippen MR) is 233 cm³/mol. The van der Waals surface area contributed by atoms with Crippen molar-refractivity contribution < 1.29 is 4.42 Å². The second-order valence-corrected chi connectivity index (χ2v) is 14.7. The SMILES string of the molecule is C1=Cc2cc3c4ccc(-c5nc(-c6ccccc6)nc(-c6cccc7c8cc(-c9ccccc9)ccc8n(-c8ccccc8)c67)n5)cc4oc3c3cccc(c23)C1. The molecule has 0 unspecified atom stereocenters. The Bertz CT molecular complexity index is 3420. The van der Waals surface area contributed by atoms with Gasteiger partial charge in [0.1, 0.15) is 11.2 Å². The molecular formula is C52H32N4O. The van der Waals surface area contributed by atoms with Crippen LogP contribution in [0.3, 0.4) is 0 Å². The fourth-order valence-electron chi connectivity index (χ4n) is 8.82. The topological polar surface area (TPSA) is 56.7 Å². The van der Waals surface area contributed by atoms with Crippen LogP contribution in [0, 0.1) is 0 Å².